The van der Waals surface area contributed by atoms with E-state index < -0.39 is 5.97 Å². The monoisotopic (exact) mass is 1150 g/mol. The first-order valence-corrected chi connectivity index (χ1v) is 24.6. The van der Waals surface area contributed by atoms with Crippen LogP contribution in [0, 0.1) is 10.8 Å². The second-order valence-corrected chi connectivity index (χ2v) is 22.2. The number of benzene rings is 4. The summed E-state index contributed by atoms with van der Waals surface area (Å²) in [5.74, 6) is -1.23. The minimum atomic E-state index is -1.12. The van der Waals surface area contributed by atoms with Gasteiger partial charge in [-0.25, -0.2) is 9.78 Å². The number of unbranched alkanes of at least 4 members (excludes halogenated alkanes) is 3. The number of aromatic nitrogens is 7. The average Bonchev–Trinajstić information content (AvgIpc) is 4.00. The van der Waals surface area contributed by atoms with Gasteiger partial charge in [0.05, 0.1) is 18.0 Å². The number of carbonyl (C=O) groups excluding carboxylic acids is 2. The first-order valence-electron chi connectivity index (χ1n) is 24.6. The van der Waals surface area contributed by atoms with Crippen LogP contribution < -0.4 is 4.74 Å². The number of imide groups is 1. The number of hydrogen-bond donors (Lipinski definition) is 1. The molecule has 8 rings (SSSR count). The third-order valence-electron chi connectivity index (χ3n) is 12.4. The molecule has 1 aliphatic rings. The van der Waals surface area contributed by atoms with Gasteiger partial charge in [-0.05, 0) is 133 Å². The first-order chi connectivity index (χ1) is 33.4. The van der Waals surface area contributed by atoms with E-state index in [9.17, 15) is 14.4 Å². The summed E-state index contributed by atoms with van der Waals surface area (Å²) in [5, 5.41) is 27.4. The summed E-state index contributed by atoms with van der Waals surface area (Å²) in [7, 11) is 0. The van der Waals surface area contributed by atoms with Crippen molar-refractivity contribution in [2.24, 2.45) is 10.8 Å². The van der Waals surface area contributed by atoms with Crippen LogP contribution in [0.1, 0.15) is 143 Å². The van der Waals surface area contributed by atoms with Gasteiger partial charge in [-0.1, -0.05) is 131 Å². The Morgan fingerprint density at radius 3 is 1.38 bits per heavy atom. The van der Waals surface area contributed by atoms with Crippen LogP contribution in [0.4, 0.5) is 0 Å². The molecule has 0 saturated carbocycles. The average molecular weight is 1150 g/mol. The maximum absolute atomic E-state index is 11.9. The van der Waals surface area contributed by atoms with Crippen LogP contribution >= 0.6 is 0 Å². The van der Waals surface area contributed by atoms with E-state index in [1.54, 1.807) is 35.6 Å². The van der Waals surface area contributed by atoms with Crippen LogP contribution in [0.15, 0.2) is 127 Å². The summed E-state index contributed by atoms with van der Waals surface area (Å²) in [6.45, 7) is 27.2. The summed E-state index contributed by atoms with van der Waals surface area (Å²) in [4.78, 5) is 43.4. The zero-order valence-corrected chi connectivity index (χ0v) is 46.5. The van der Waals surface area contributed by atoms with Crippen molar-refractivity contribution in [2.45, 2.75) is 132 Å². The van der Waals surface area contributed by atoms with Crippen molar-refractivity contribution in [3.8, 4) is 17.1 Å². The van der Waals surface area contributed by atoms with Crippen LogP contribution in [0.5, 0.6) is 5.75 Å². The maximum atomic E-state index is 11.9. The molecule has 0 radical (unpaired) electrons. The molecule has 1 N–H and O–H groups in total. The summed E-state index contributed by atoms with van der Waals surface area (Å²) in [6, 6.07) is 36.3. The van der Waals surface area contributed by atoms with Gasteiger partial charge in [0, 0.05) is 23.9 Å². The van der Waals surface area contributed by atoms with Crippen molar-refractivity contribution < 1.29 is 44.3 Å². The fourth-order valence-electron chi connectivity index (χ4n) is 9.51. The molecular formula is C58H72IrN8O5+3. The number of carboxylic acid groups (broad SMARTS) is 1. The van der Waals surface area contributed by atoms with Crippen molar-refractivity contribution in [2.75, 3.05) is 13.2 Å². The third kappa shape index (κ3) is 15.1. The van der Waals surface area contributed by atoms with Crippen LogP contribution in [0.25, 0.3) is 33.4 Å². The number of aromatic carboxylic acids is 1. The van der Waals surface area contributed by atoms with Crippen LogP contribution in [0.2, 0.25) is 0 Å². The van der Waals surface area contributed by atoms with Gasteiger partial charge in [0.15, 0.2) is 11.4 Å². The molecule has 72 heavy (non-hydrogen) atoms. The Kier molecular flexibility index (Phi) is 18.8. The van der Waals surface area contributed by atoms with Gasteiger partial charge in [0.25, 0.3) is 11.8 Å². The molecule has 3 aromatic heterocycles. The van der Waals surface area contributed by atoms with E-state index in [4.69, 9.17) is 9.84 Å². The topological polar surface area (TPSA) is 158 Å². The van der Waals surface area contributed by atoms with Gasteiger partial charge in [0.2, 0.25) is 0 Å². The van der Waals surface area contributed by atoms with Gasteiger partial charge in [-0.2, -0.15) is 9.59 Å². The van der Waals surface area contributed by atoms with E-state index in [-0.39, 0.29) is 65.0 Å². The summed E-state index contributed by atoms with van der Waals surface area (Å²) >= 11 is 0. The first kappa shape index (κ1) is 56.5. The number of carboxylic acids is 1. The molecule has 0 saturated heterocycles. The zero-order valence-electron chi connectivity index (χ0n) is 44.1. The Labute approximate surface area is 438 Å². The molecule has 0 bridgehead atoms. The Morgan fingerprint density at radius 1 is 0.556 bits per heavy atom. The van der Waals surface area contributed by atoms with Crippen LogP contribution in [-0.4, -0.2) is 75.9 Å². The Bertz CT molecular complexity index is 2780. The van der Waals surface area contributed by atoms with Crippen molar-refractivity contribution in [3.63, 3.8) is 0 Å². The number of nitrogens with zero attached hydrogens (tertiary/aromatic N) is 8. The molecular weight excluding hydrogens is 1080 g/mol. The van der Waals surface area contributed by atoms with E-state index in [0.29, 0.717) is 24.3 Å². The van der Waals surface area contributed by atoms with Gasteiger partial charge in [0.1, 0.15) is 22.1 Å². The van der Waals surface area contributed by atoms with E-state index in [0.717, 1.165) is 72.0 Å². The molecule has 7 aromatic rings. The molecule has 0 spiro atoms. The fourth-order valence-corrected chi connectivity index (χ4v) is 9.51. The molecule has 0 aliphatic carbocycles. The Balaban J connectivity index is 0.000000199. The van der Waals surface area contributed by atoms with Crippen LogP contribution in [-0.2, 0) is 40.5 Å². The molecule has 0 unspecified atom stereocenters. The predicted octanol–water partition coefficient (Wildman–Crippen LogP) is 12.7. The van der Waals surface area contributed by atoms with E-state index >= 15 is 0 Å². The minimum Gasteiger partial charge on any atom is -0.491 e. The van der Waals surface area contributed by atoms with E-state index in [1.807, 2.05) is 48.5 Å². The molecule has 0 fully saturated rings. The van der Waals surface area contributed by atoms with Crippen molar-refractivity contribution >= 4 is 39.9 Å². The molecule has 4 heterocycles. The summed E-state index contributed by atoms with van der Waals surface area (Å²) in [6.07, 6.45) is 6.88. The van der Waals surface area contributed by atoms with Gasteiger partial charge in [-0.15, -0.1) is 20.4 Å². The van der Waals surface area contributed by atoms with Crippen molar-refractivity contribution in [1.82, 2.24) is 39.9 Å². The van der Waals surface area contributed by atoms with Gasteiger partial charge >= 0.3 is 26.1 Å². The van der Waals surface area contributed by atoms with Gasteiger partial charge < -0.3 is 9.84 Å². The summed E-state index contributed by atoms with van der Waals surface area (Å²) < 4.78 is 5.47. The summed E-state index contributed by atoms with van der Waals surface area (Å²) in [5.41, 5.74) is 10.1. The standard InChI is InChI=1S/2C20H25N3.C18H22N2O5.Ir/c2*1-19(2,3)14-20(4,5)15-9-8-10-16(13-15)23-21-17-11-6-7-12-18(17)22-23;1-12-13(2)17(22)20(16(12)21)10-5-3-4-6-11-25-14-8-7-9-19-15(14)18(23)24;/h2*6-13H,14H2,1-5H3;7-9H,3-6,10-11H2,1-2H3,(H,23,24);/q;;;+3. The molecule has 4 aromatic carbocycles. The Morgan fingerprint density at radius 2 is 0.972 bits per heavy atom. The number of amides is 2. The number of fused-ring (bicyclic) bond motifs is 2. The number of ether oxygens (including phenoxy) is 1. The normalized spacial score (nSPS) is 13.1. The largest absolute Gasteiger partial charge is 3.00 e. The van der Waals surface area contributed by atoms with Crippen molar-refractivity contribution in [3.05, 3.63) is 143 Å². The van der Waals surface area contributed by atoms with Crippen LogP contribution in [0.3, 0.4) is 0 Å². The second-order valence-electron chi connectivity index (χ2n) is 22.2. The quantitative estimate of drug-likeness (QED) is 0.0774. The molecule has 0 atom stereocenters. The maximum Gasteiger partial charge on any atom is 3.00 e. The number of rotatable bonds is 15. The third-order valence-corrected chi connectivity index (χ3v) is 12.4. The second kappa shape index (κ2) is 23.9. The number of pyridine rings is 1. The van der Waals surface area contributed by atoms with Gasteiger partial charge in [-0.3, -0.25) is 14.5 Å². The molecule has 14 heteroatoms. The minimum absolute atomic E-state index is 0. The molecule has 1 aliphatic heterocycles. The smallest absolute Gasteiger partial charge is 0.491 e. The van der Waals surface area contributed by atoms with E-state index in [1.165, 1.54) is 22.2 Å². The molecule has 380 valence electrons. The number of hydrogen-bond acceptors (Lipinski definition) is 9. The zero-order chi connectivity index (χ0) is 51.7. The SMILES string of the molecule is CC(C)(C)CC(C)(C)c1cccc(-n2nc3ccccc3n2)c1.CC(C)(C)CC(C)(C)c1cccc(-n2nc3ccccc3n2)c1.CC1=C(C)C(=O)N(CCCCCCOc2cccnc2C(=O)O)C1=O.[Ir+3]. The van der Waals surface area contributed by atoms with E-state index in [2.05, 4.69) is 143 Å². The molecule has 13 nitrogen and oxygen atoms in total. The predicted molar refractivity (Wildman–Crippen MR) is 282 cm³/mol. The molecule has 2 amide bonds. The number of carbonyl (C=O) groups is 3. The fraction of sp³-hybridized carbons (Fsp3) is 0.414. The Hall–Kier alpha value is -6.37. The van der Waals surface area contributed by atoms with Crippen molar-refractivity contribution in [1.29, 1.82) is 0 Å².